The minimum atomic E-state index is -0.633. The standard InChI is InChI=1S/C21H23NO4S/c1-4-10-22-18(16-7-6-11-27-16)17(20(24)21(22)25)19(23)14-8-9-15(26-5-2)13(3)12-14/h6-9,11-12,18,23H,4-5,10H2,1-3H3/b19-17-. The number of ether oxygens (including phenoxy) is 1. The molecule has 0 radical (unpaired) electrons. The summed E-state index contributed by atoms with van der Waals surface area (Å²) >= 11 is 1.47. The third-order valence-corrected chi connectivity index (χ3v) is 5.49. The Morgan fingerprint density at radius 2 is 2.04 bits per heavy atom. The molecule has 1 saturated heterocycles. The molecule has 1 unspecified atom stereocenters. The number of aliphatic hydroxyl groups is 1. The van der Waals surface area contributed by atoms with E-state index in [2.05, 4.69) is 0 Å². The zero-order chi connectivity index (χ0) is 19.6. The quantitative estimate of drug-likeness (QED) is 0.458. The number of hydrogen-bond donors (Lipinski definition) is 1. The van der Waals surface area contributed by atoms with Gasteiger partial charge in [0.15, 0.2) is 0 Å². The Hall–Kier alpha value is -2.60. The van der Waals surface area contributed by atoms with E-state index in [1.54, 1.807) is 23.1 Å². The van der Waals surface area contributed by atoms with Crippen molar-refractivity contribution in [1.29, 1.82) is 0 Å². The second-order valence-corrected chi connectivity index (χ2v) is 7.40. The number of likely N-dealkylation sites (tertiary alicyclic amines) is 1. The summed E-state index contributed by atoms with van der Waals surface area (Å²) in [6.45, 7) is 6.76. The first-order chi connectivity index (χ1) is 13.0. The average Bonchev–Trinajstić information content (AvgIpc) is 3.26. The maximum absolute atomic E-state index is 12.7. The highest BCUT2D eigenvalue weighted by atomic mass is 32.1. The smallest absolute Gasteiger partial charge is 0.295 e. The largest absolute Gasteiger partial charge is 0.507 e. The Morgan fingerprint density at radius 1 is 1.26 bits per heavy atom. The Balaban J connectivity index is 2.12. The number of Topliss-reactive ketones (excluding diaryl/α,β-unsaturated/α-hetero) is 1. The summed E-state index contributed by atoms with van der Waals surface area (Å²) in [5, 5.41) is 12.9. The van der Waals surface area contributed by atoms with E-state index in [9.17, 15) is 14.7 Å². The van der Waals surface area contributed by atoms with E-state index in [1.165, 1.54) is 11.3 Å². The van der Waals surface area contributed by atoms with Crippen molar-refractivity contribution >= 4 is 28.8 Å². The van der Waals surface area contributed by atoms with E-state index in [0.717, 1.165) is 22.6 Å². The van der Waals surface area contributed by atoms with Gasteiger partial charge in [-0.15, -0.1) is 11.3 Å². The summed E-state index contributed by atoms with van der Waals surface area (Å²) in [6.07, 6.45) is 0.733. The van der Waals surface area contributed by atoms with Crippen LogP contribution >= 0.6 is 11.3 Å². The van der Waals surface area contributed by atoms with E-state index < -0.39 is 17.7 Å². The molecule has 1 N–H and O–H groups in total. The van der Waals surface area contributed by atoms with Crippen molar-refractivity contribution in [3.63, 3.8) is 0 Å². The fraction of sp³-hybridized carbons (Fsp3) is 0.333. The maximum Gasteiger partial charge on any atom is 0.295 e. The molecule has 1 amide bonds. The van der Waals surface area contributed by atoms with Crippen LogP contribution < -0.4 is 4.74 Å². The number of hydrogen-bond acceptors (Lipinski definition) is 5. The molecule has 1 fully saturated rings. The summed E-state index contributed by atoms with van der Waals surface area (Å²) in [5.74, 6) is -0.600. The summed E-state index contributed by atoms with van der Waals surface area (Å²) in [5.41, 5.74) is 1.52. The van der Waals surface area contributed by atoms with Crippen LogP contribution in [0.3, 0.4) is 0 Å². The lowest BCUT2D eigenvalue weighted by molar-refractivity contribution is -0.139. The van der Waals surface area contributed by atoms with Crippen molar-refractivity contribution in [2.24, 2.45) is 0 Å². The Bertz CT molecular complexity index is 886. The molecule has 5 nitrogen and oxygen atoms in total. The van der Waals surface area contributed by atoms with Crippen LogP contribution in [0.5, 0.6) is 5.75 Å². The number of thiophene rings is 1. The van der Waals surface area contributed by atoms with Gasteiger partial charge in [0.25, 0.3) is 11.7 Å². The molecule has 2 heterocycles. The van der Waals surface area contributed by atoms with E-state index >= 15 is 0 Å². The molecule has 1 aromatic heterocycles. The van der Waals surface area contributed by atoms with Gasteiger partial charge in [0.05, 0.1) is 18.2 Å². The molecule has 1 aliphatic heterocycles. The molecule has 0 saturated carbocycles. The molecule has 0 aliphatic carbocycles. The molecule has 142 valence electrons. The maximum atomic E-state index is 12.7. The van der Waals surface area contributed by atoms with Crippen LogP contribution in [0.25, 0.3) is 5.76 Å². The van der Waals surface area contributed by atoms with Crippen molar-refractivity contribution in [3.8, 4) is 5.75 Å². The summed E-state index contributed by atoms with van der Waals surface area (Å²) in [7, 11) is 0. The molecular formula is C21H23NO4S. The molecule has 0 spiro atoms. The number of rotatable bonds is 6. The monoisotopic (exact) mass is 385 g/mol. The molecule has 6 heteroatoms. The van der Waals surface area contributed by atoms with Gasteiger partial charge in [-0.1, -0.05) is 13.0 Å². The second-order valence-electron chi connectivity index (χ2n) is 6.42. The average molecular weight is 385 g/mol. The SMILES string of the molecule is CCCN1C(=O)C(=O)/C(=C(\O)c2ccc(OCC)c(C)c2)C1c1cccs1. The van der Waals surface area contributed by atoms with E-state index in [0.29, 0.717) is 18.7 Å². The minimum Gasteiger partial charge on any atom is -0.507 e. The first-order valence-electron chi connectivity index (χ1n) is 9.05. The Morgan fingerprint density at radius 3 is 2.63 bits per heavy atom. The molecule has 27 heavy (non-hydrogen) atoms. The number of nitrogens with zero attached hydrogens (tertiary/aromatic N) is 1. The van der Waals surface area contributed by atoms with Gasteiger partial charge in [-0.05, 0) is 55.5 Å². The fourth-order valence-corrected chi connectivity index (χ4v) is 4.21. The van der Waals surface area contributed by atoms with Gasteiger partial charge in [0, 0.05) is 17.0 Å². The molecule has 2 aromatic rings. The van der Waals surface area contributed by atoms with Gasteiger partial charge in [0.1, 0.15) is 11.5 Å². The number of amides is 1. The van der Waals surface area contributed by atoms with Gasteiger partial charge >= 0.3 is 0 Å². The third-order valence-electron chi connectivity index (χ3n) is 4.57. The van der Waals surface area contributed by atoms with Gasteiger partial charge in [-0.3, -0.25) is 9.59 Å². The van der Waals surface area contributed by atoms with Crippen molar-refractivity contribution in [2.45, 2.75) is 33.2 Å². The highest BCUT2D eigenvalue weighted by Crippen LogP contribution is 2.41. The van der Waals surface area contributed by atoms with E-state index in [4.69, 9.17) is 4.74 Å². The Labute approximate surface area is 162 Å². The second kappa shape index (κ2) is 7.96. The van der Waals surface area contributed by atoms with Gasteiger partial charge in [-0.2, -0.15) is 0 Å². The highest BCUT2D eigenvalue weighted by molar-refractivity contribution is 7.10. The fourth-order valence-electron chi connectivity index (χ4n) is 3.36. The van der Waals surface area contributed by atoms with Crippen LogP contribution in [0.4, 0.5) is 0 Å². The molecule has 1 aromatic carbocycles. The van der Waals surface area contributed by atoms with Gasteiger partial charge in [-0.25, -0.2) is 0 Å². The number of ketones is 1. The van der Waals surface area contributed by atoms with Crippen LogP contribution in [0.15, 0.2) is 41.3 Å². The highest BCUT2D eigenvalue weighted by Gasteiger charge is 2.46. The van der Waals surface area contributed by atoms with Crippen LogP contribution in [0.1, 0.15) is 42.3 Å². The number of aryl methyl sites for hydroxylation is 1. The van der Waals surface area contributed by atoms with Crippen LogP contribution in [-0.4, -0.2) is 34.8 Å². The topological polar surface area (TPSA) is 66.8 Å². The van der Waals surface area contributed by atoms with Crippen LogP contribution in [0, 0.1) is 6.92 Å². The first-order valence-corrected chi connectivity index (χ1v) is 9.93. The third kappa shape index (κ3) is 3.49. The van der Waals surface area contributed by atoms with Gasteiger partial charge in [0.2, 0.25) is 0 Å². The molecule has 1 atom stereocenters. The number of aliphatic hydroxyl groups excluding tert-OH is 1. The zero-order valence-electron chi connectivity index (χ0n) is 15.7. The first kappa shape index (κ1) is 19.2. The van der Waals surface area contributed by atoms with E-state index in [-0.39, 0.29) is 11.3 Å². The number of carbonyl (C=O) groups excluding carboxylic acids is 2. The number of benzene rings is 1. The summed E-state index contributed by atoms with van der Waals surface area (Å²) in [4.78, 5) is 27.7. The van der Waals surface area contributed by atoms with Crippen molar-refractivity contribution < 1.29 is 19.4 Å². The molecule has 0 bridgehead atoms. The van der Waals surface area contributed by atoms with Crippen LogP contribution in [0.2, 0.25) is 0 Å². The zero-order valence-corrected chi connectivity index (χ0v) is 16.5. The summed E-state index contributed by atoms with van der Waals surface area (Å²) in [6, 6.07) is 8.49. The van der Waals surface area contributed by atoms with Crippen molar-refractivity contribution in [2.75, 3.05) is 13.2 Å². The van der Waals surface area contributed by atoms with Crippen LogP contribution in [-0.2, 0) is 9.59 Å². The normalized spacial score (nSPS) is 18.9. The van der Waals surface area contributed by atoms with Crippen molar-refractivity contribution in [1.82, 2.24) is 4.90 Å². The lowest BCUT2D eigenvalue weighted by atomic mass is 9.98. The minimum absolute atomic E-state index is 0.142. The lowest BCUT2D eigenvalue weighted by Gasteiger charge is -2.23. The summed E-state index contributed by atoms with van der Waals surface area (Å²) < 4.78 is 5.54. The Kier molecular flexibility index (Phi) is 5.65. The van der Waals surface area contributed by atoms with E-state index in [1.807, 2.05) is 38.3 Å². The van der Waals surface area contributed by atoms with Crippen molar-refractivity contribution in [3.05, 3.63) is 57.3 Å². The lowest BCUT2D eigenvalue weighted by Crippen LogP contribution is -2.30. The predicted octanol–water partition coefficient (Wildman–Crippen LogP) is 4.29. The molecular weight excluding hydrogens is 362 g/mol. The molecule has 3 rings (SSSR count). The number of carbonyl (C=O) groups is 2. The molecule has 1 aliphatic rings. The van der Waals surface area contributed by atoms with Gasteiger partial charge < -0.3 is 14.7 Å². The predicted molar refractivity (Wildman–Crippen MR) is 106 cm³/mol.